The minimum absolute atomic E-state index is 0.0384. The van der Waals surface area contributed by atoms with E-state index in [1.165, 1.54) is 6.92 Å². The van der Waals surface area contributed by atoms with Crippen LogP contribution in [0.2, 0.25) is 0 Å². The van der Waals surface area contributed by atoms with E-state index in [0.717, 1.165) is 9.99 Å². The summed E-state index contributed by atoms with van der Waals surface area (Å²) >= 11 is 2.19. The van der Waals surface area contributed by atoms with Crippen LogP contribution >= 0.6 is 22.6 Å². The van der Waals surface area contributed by atoms with Crippen molar-refractivity contribution in [2.45, 2.75) is 19.4 Å². The minimum Gasteiger partial charge on any atom is -0.352 e. The highest BCUT2D eigenvalue weighted by atomic mass is 127. The zero-order valence-corrected chi connectivity index (χ0v) is 12.3. The van der Waals surface area contributed by atoms with Gasteiger partial charge in [-0.15, -0.1) is 0 Å². The number of likely N-dealkylation sites (tertiary alicyclic amines) is 1. The van der Waals surface area contributed by atoms with Gasteiger partial charge in [0.25, 0.3) is 5.91 Å². The van der Waals surface area contributed by atoms with E-state index in [-0.39, 0.29) is 17.9 Å². The number of amides is 2. The van der Waals surface area contributed by atoms with Gasteiger partial charge >= 0.3 is 0 Å². The predicted octanol–water partition coefficient (Wildman–Crippen LogP) is 1.64. The maximum absolute atomic E-state index is 12.2. The molecule has 0 saturated carbocycles. The molecule has 0 aromatic heterocycles. The summed E-state index contributed by atoms with van der Waals surface area (Å²) in [4.78, 5) is 25.0. The molecule has 1 unspecified atom stereocenters. The van der Waals surface area contributed by atoms with Crippen LogP contribution in [-0.4, -0.2) is 35.8 Å². The fourth-order valence-corrected chi connectivity index (χ4v) is 2.70. The number of hydrogen-bond acceptors (Lipinski definition) is 2. The Morgan fingerprint density at radius 3 is 2.89 bits per heavy atom. The zero-order chi connectivity index (χ0) is 13.1. The van der Waals surface area contributed by atoms with Crippen molar-refractivity contribution < 1.29 is 9.59 Å². The van der Waals surface area contributed by atoms with Crippen molar-refractivity contribution in [3.8, 4) is 0 Å². The molecule has 1 aliphatic heterocycles. The lowest BCUT2D eigenvalue weighted by Crippen LogP contribution is -2.37. The molecular weight excluding hydrogens is 343 g/mol. The first-order valence-electron chi connectivity index (χ1n) is 5.88. The van der Waals surface area contributed by atoms with Gasteiger partial charge in [-0.25, -0.2) is 0 Å². The first kappa shape index (κ1) is 13.3. The van der Waals surface area contributed by atoms with E-state index in [2.05, 4.69) is 27.9 Å². The SMILES string of the molecule is CC(=O)NC1CCN(C(=O)c2cccc(I)c2)C1. The normalized spacial score (nSPS) is 18.8. The van der Waals surface area contributed by atoms with Gasteiger partial charge in [0.05, 0.1) is 0 Å². The van der Waals surface area contributed by atoms with Gasteiger partial charge in [0.15, 0.2) is 0 Å². The number of nitrogens with one attached hydrogen (secondary N) is 1. The number of halogens is 1. The summed E-state index contributed by atoms with van der Waals surface area (Å²) in [6.45, 7) is 2.81. The highest BCUT2D eigenvalue weighted by Gasteiger charge is 2.27. The molecule has 0 radical (unpaired) electrons. The van der Waals surface area contributed by atoms with Crippen molar-refractivity contribution in [1.29, 1.82) is 0 Å². The maximum Gasteiger partial charge on any atom is 0.253 e. The summed E-state index contributed by atoms with van der Waals surface area (Å²) in [5.41, 5.74) is 0.713. The van der Waals surface area contributed by atoms with E-state index in [1.54, 1.807) is 4.90 Å². The molecule has 0 spiro atoms. The summed E-state index contributed by atoms with van der Waals surface area (Å²) < 4.78 is 1.05. The molecule has 0 aliphatic carbocycles. The molecule has 18 heavy (non-hydrogen) atoms. The van der Waals surface area contributed by atoms with Crippen LogP contribution in [0.5, 0.6) is 0 Å². The molecule has 2 rings (SSSR count). The average molecular weight is 358 g/mol. The number of hydrogen-bond donors (Lipinski definition) is 1. The standard InChI is InChI=1S/C13H15IN2O2/c1-9(17)15-12-5-6-16(8-12)13(18)10-3-2-4-11(14)7-10/h2-4,7,12H,5-6,8H2,1H3,(H,15,17). The van der Waals surface area contributed by atoms with Gasteiger partial charge in [-0.1, -0.05) is 6.07 Å². The van der Waals surface area contributed by atoms with Gasteiger partial charge in [-0.3, -0.25) is 9.59 Å². The maximum atomic E-state index is 12.2. The Labute approximate surface area is 120 Å². The Kier molecular flexibility index (Phi) is 4.21. The molecule has 96 valence electrons. The molecule has 4 nitrogen and oxygen atoms in total. The van der Waals surface area contributed by atoms with E-state index in [9.17, 15) is 9.59 Å². The summed E-state index contributed by atoms with van der Waals surface area (Å²) in [6, 6.07) is 7.65. The van der Waals surface area contributed by atoms with Crippen LogP contribution in [0, 0.1) is 3.57 Å². The van der Waals surface area contributed by atoms with Crippen LogP contribution in [0.25, 0.3) is 0 Å². The van der Waals surface area contributed by atoms with Gasteiger partial charge in [-0.2, -0.15) is 0 Å². The topological polar surface area (TPSA) is 49.4 Å². The van der Waals surface area contributed by atoms with Gasteiger partial charge in [-0.05, 0) is 47.2 Å². The summed E-state index contributed by atoms with van der Waals surface area (Å²) in [5, 5.41) is 2.86. The van der Waals surface area contributed by atoms with Crippen LogP contribution in [0.4, 0.5) is 0 Å². The van der Waals surface area contributed by atoms with Gasteiger partial charge < -0.3 is 10.2 Å². The first-order chi connectivity index (χ1) is 8.56. The van der Waals surface area contributed by atoms with Gasteiger partial charge in [0.1, 0.15) is 0 Å². The third-order valence-electron chi connectivity index (χ3n) is 2.95. The zero-order valence-electron chi connectivity index (χ0n) is 10.1. The Hall–Kier alpha value is -1.11. The second-order valence-electron chi connectivity index (χ2n) is 4.45. The molecule has 1 atom stereocenters. The number of nitrogens with zero attached hydrogens (tertiary/aromatic N) is 1. The second kappa shape index (κ2) is 5.69. The summed E-state index contributed by atoms with van der Waals surface area (Å²) in [5.74, 6) is 0.00456. The molecule has 1 aromatic carbocycles. The average Bonchev–Trinajstić information content (AvgIpc) is 2.75. The Morgan fingerprint density at radius 2 is 2.22 bits per heavy atom. The Morgan fingerprint density at radius 1 is 1.44 bits per heavy atom. The van der Waals surface area contributed by atoms with E-state index < -0.39 is 0 Å². The third-order valence-corrected chi connectivity index (χ3v) is 3.63. The smallest absolute Gasteiger partial charge is 0.253 e. The predicted molar refractivity (Wildman–Crippen MR) is 77.3 cm³/mol. The highest BCUT2D eigenvalue weighted by molar-refractivity contribution is 14.1. The first-order valence-corrected chi connectivity index (χ1v) is 6.96. The van der Waals surface area contributed by atoms with Crippen molar-refractivity contribution in [1.82, 2.24) is 10.2 Å². The number of carbonyl (C=O) groups excluding carboxylic acids is 2. The van der Waals surface area contributed by atoms with Gasteiger partial charge in [0.2, 0.25) is 5.91 Å². The largest absolute Gasteiger partial charge is 0.352 e. The molecule has 1 aliphatic rings. The monoisotopic (exact) mass is 358 g/mol. The minimum atomic E-state index is -0.0384. The Bertz CT molecular complexity index is 476. The molecule has 5 heteroatoms. The molecule has 1 fully saturated rings. The van der Waals surface area contributed by atoms with Crippen LogP contribution in [-0.2, 0) is 4.79 Å². The molecule has 1 heterocycles. The molecular formula is C13H15IN2O2. The van der Waals surface area contributed by atoms with Gasteiger partial charge in [0, 0.05) is 35.2 Å². The van der Waals surface area contributed by atoms with Crippen molar-refractivity contribution in [3.05, 3.63) is 33.4 Å². The number of rotatable bonds is 2. The van der Waals surface area contributed by atoms with E-state index >= 15 is 0 Å². The molecule has 1 aromatic rings. The molecule has 0 bridgehead atoms. The third kappa shape index (κ3) is 3.22. The lowest BCUT2D eigenvalue weighted by molar-refractivity contribution is -0.119. The summed E-state index contributed by atoms with van der Waals surface area (Å²) in [7, 11) is 0. The lowest BCUT2D eigenvalue weighted by Gasteiger charge is -2.17. The van der Waals surface area contributed by atoms with Crippen molar-refractivity contribution in [2.75, 3.05) is 13.1 Å². The van der Waals surface area contributed by atoms with E-state index in [0.29, 0.717) is 18.7 Å². The van der Waals surface area contributed by atoms with Crippen molar-refractivity contribution in [2.24, 2.45) is 0 Å². The number of benzene rings is 1. The summed E-state index contributed by atoms with van der Waals surface area (Å²) in [6.07, 6.45) is 0.829. The van der Waals surface area contributed by atoms with Crippen molar-refractivity contribution in [3.63, 3.8) is 0 Å². The van der Waals surface area contributed by atoms with Crippen LogP contribution in [0.15, 0.2) is 24.3 Å². The highest BCUT2D eigenvalue weighted by Crippen LogP contribution is 2.15. The molecule has 1 N–H and O–H groups in total. The van der Waals surface area contributed by atoms with E-state index in [1.807, 2.05) is 24.3 Å². The second-order valence-corrected chi connectivity index (χ2v) is 5.69. The fraction of sp³-hybridized carbons (Fsp3) is 0.385. The fourth-order valence-electron chi connectivity index (χ4n) is 2.15. The lowest BCUT2D eigenvalue weighted by atomic mass is 10.2. The molecule has 1 saturated heterocycles. The van der Waals surface area contributed by atoms with Crippen LogP contribution in [0.3, 0.4) is 0 Å². The van der Waals surface area contributed by atoms with Crippen LogP contribution < -0.4 is 5.32 Å². The Balaban J connectivity index is 2.01. The van der Waals surface area contributed by atoms with Crippen LogP contribution in [0.1, 0.15) is 23.7 Å². The number of carbonyl (C=O) groups is 2. The quantitative estimate of drug-likeness (QED) is 0.818. The van der Waals surface area contributed by atoms with E-state index in [4.69, 9.17) is 0 Å². The molecule has 2 amide bonds. The van der Waals surface area contributed by atoms with Crippen molar-refractivity contribution >= 4 is 34.4 Å².